The molecule has 0 radical (unpaired) electrons. The third kappa shape index (κ3) is 4.55. The van der Waals surface area contributed by atoms with Crippen LogP contribution in [0.1, 0.15) is 56.8 Å². The van der Waals surface area contributed by atoms with Gasteiger partial charge in [-0.25, -0.2) is 4.98 Å². The summed E-state index contributed by atoms with van der Waals surface area (Å²) in [6, 6.07) is 8.93. The summed E-state index contributed by atoms with van der Waals surface area (Å²) in [5.41, 5.74) is 1.26. The fourth-order valence-electron chi connectivity index (χ4n) is 2.28. The summed E-state index contributed by atoms with van der Waals surface area (Å²) in [4.78, 5) is 4.42. The van der Waals surface area contributed by atoms with Gasteiger partial charge in [-0.15, -0.1) is 11.3 Å². The van der Waals surface area contributed by atoms with Gasteiger partial charge in [-0.1, -0.05) is 19.1 Å². The minimum Gasteiger partial charge on any atom is -0.491 e. The first-order chi connectivity index (χ1) is 10.1. The van der Waals surface area contributed by atoms with Gasteiger partial charge in [0.25, 0.3) is 0 Å². The van der Waals surface area contributed by atoms with Crippen LogP contribution in [0.15, 0.2) is 35.8 Å². The SMILES string of the molecule is CCC(NC(C)c1ccc(OC(C)C)cc1)c1nccs1. The Balaban J connectivity index is 2.00. The average Bonchev–Trinajstić information content (AvgIpc) is 2.98. The van der Waals surface area contributed by atoms with Crippen molar-refractivity contribution in [1.82, 2.24) is 10.3 Å². The van der Waals surface area contributed by atoms with Gasteiger partial charge < -0.3 is 10.1 Å². The van der Waals surface area contributed by atoms with Gasteiger partial charge in [0.2, 0.25) is 0 Å². The van der Waals surface area contributed by atoms with E-state index in [9.17, 15) is 0 Å². The maximum Gasteiger partial charge on any atom is 0.119 e. The van der Waals surface area contributed by atoms with Crippen molar-refractivity contribution in [1.29, 1.82) is 0 Å². The lowest BCUT2D eigenvalue weighted by Crippen LogP contribution is -2.24. The Kier molecular flexibility index (Phi) is 5.76. The number of rotatable bonds is 7. The molecule has 3 nitrogen and oxygen atoms in total. The van der Waals surface area contributed by atoms with Gasteiger partial charge in [-0.3, -0.25) is 0 Å². The second-order valence-electron chi connectivity index (χ2n) is 5.46. The van der Waals surface area contributed by atoms with Crippen molar-refractivity contribution in [2.45, 2.75) is 52.3 Å². The van der Waals surface area contributed by atoms with Crippen LogP contribution in [-0.4, -0.2) is 11.1 Å². The zero-order chi connectivity index (χ0) is 15.2. The Labute approximate surface area is 131 Å². The van der Waals surface area contributed by atoms with Crippen LogP contribution in [0.4, 0.5) is 0 Å². The third-order valence-electron chi connectivity index (χ3n) is 3.36. The molecule has 2 atom stereocenters. The summed E-state index contributed by atoms with van der Waals surface area (Å²) in [6.45, 7) is 8.45. The summed E-state index contributed by atoms with van der Waals surface area (Å²) >= 11 is 1.71. The highest BCUT2D eigenvalue weighted by atomic mass is 32.1. The molecule has 114 valence electrons. The Morgan fingerprint density at radius 3 is 2.43 bits per heavy atom. The van der Waals surface area contributed by atoms with E-state index in [1.807, 2.05) is 37.6 Å². The zero-order valence-corrected chi connectivity index (χ0v) is 14.0. The molecule has 4 heteroatoms. The van der Waals surface area contributed by atoms with Crippen LogP contribution in [0.2, 0.25) is 0 Å². The molecule has 0 aliphatic heterocycles. The minimum absolute atomic E-state index is 0.209. The largest absolute Gasteiger partial charge is 0.491 e. The fraction of sp³-hybridized carbons (Fsp3) is 0.471. The Morgan fingerprint density at radius 2 is 1.90 bits per heavy atom. The smallest absolute Gasteiger partial charge is 0.119 e. The number of hydrogen-bond acceptors (Lipinski definition) is 4. The van der Waals surface area contributed by atoms with E-state index in [1.54, 1.807) is 11.3 Å². The molecule has 0 amide bonds. The summed E-state index contributed by atoms with van der Waals surface area (Å²) in [7, 11) is 0. The van der Waals surface area contributed by atoms with E-state index >= 15 is 0 Å². The van der Waals surface area contributed by atoms with Crippen LogP contribution >= 0.6 is 11.3 Å². The molecule has 0 aliphatic carbocycles. The van der Waals surface area contributed by atoms with Crippen molar-refractivity contribution in [2.24, 2.45) is 0 Å². The number of thiazole rings is 1. The molecule has 0 fully saturated rings. The summed E-state index contributed by atoms with van der Waals surface area (Å²) in [5.74, 6) is 0.924. The molecule has 1 aromatic heterocycles. The van der Waals surface area contributed by atoms with E-state index in [2.05, 4.69) is 36.3 Å². The zero-order valence-electron chi connectivity index (χ0n) is 13.2. The van der Waals surface area contributed by atoms with Crippen molar-refractivity contribution in [3.8, 4) is 5.75 Å². The first-order valence-electron chi connectivity index (χ1n) is 7.52. The number of nitrogens with one attached hydrogen (secondary N) is 1. The van der Waals surface area contributed by atoms with Crippen LogP contribution in [-0.2, 0) is 0 Å². The van der Waals surface area contributed by atoms with Gasteiger partial charge >= 0.3 is 0 Å². The molecule has 0 saturated heterocycles. The molecular weight excluding hydrogens is 280 g/mol. The van der Waals surface area contributed by atoms with E-state index < -0.39 is 0 Å². The van der Waals surface area contributed by atoms with Gasteiger partial charge in [-0.2, -0.15) is 0 Å². The molecule has 1 heterocycles. The highest BCUT2D eigenvalue weighted by Crippen LogP contribution is 2.24. The van der Waals surface area contributed by atoms with Crippen LogP contribution in [0.3, 0.4) is 0 Å². The van der Waals surface area contributed by atoms with Crippen molar-refractivity contribution in [3.63, 3.8) is 0 Å². The number of ether oxygens (including phenoxy) is 1. The monoisotopic (exact) mass is 304 g/mol. The van der Waals surface area contributed by atoms with E-state index in [4.69, 9.17) is 4.74 Å². The number of aromatic nitrogens is 1. The lowest BCUT2D eigenvalue weighted by atomic mass is 10.1. The van der Waals surface area contributed by atoms with E-state index in [0.717, 1.165) is 17.2 Å². The van der Waals surface area contributed by atoms with Gasteiger partial charge in [0, 0.05) is 17.6 Å². The maximum absolute atomic E-state index is 5.68. The lowest BCUT2D eigenvalue weighted by Gasteiger charge is -2.21. The molecule has 0 bridgehead atoms. The Hall–Kier alpha value is -1.39. The van der Waals surface area contributed by atoms with E-state index in [-0.39, 0.29) is 12.1 Å². The predicted molar refractivity (Wildman–Crippen MR) is 88.9 cm³/mol. The Bertz CT molecular complexity index is 522. The minimum atomic E-state index is 0.209. The van der Waals surface area contributed by atoms with Crippen LogP contribution in [0.5, 0.6) is 5.75 Å². The topological polar surface area (TPSA) is 34.1 Å². The van der Waals surface area contributed by atoms with Gasteiger partial charge in [-0.05, 0) is 44.9 Å². The van der Waals surface area contributed by atoms with Crippen molar-refractivity contribution in [3.05, 3.63) is 46.4 Å². The molecule has 1 aromatic carbocycles. The first kappa shape index (κ1) is 16.0. The average molecular weight is 304 g/mol. The lowest BCUT2D eigenvalue weighted by molar-refractivity contribution is 0.242. The van der Waals surface area contributed by atoms with Crippen molar-refractivity contribution in [2.75, 3.05) is 0 Å². The fourth-order valence-corrected chi connectivity index (χ4v) is 3.06. The van der Waals surface area contributed by atoms with Gasteiger partial charge in [0.1, 0.15) is 10.8 Å². The van der Waals surface area contributed by atoms with Gasteiger partial charge in [0.15, 0.2) is 0 Å². The molecular formula is C17H24N2OS. The molecule has 2 unspecified atom stereocenters. The van der Waals surface area contributed by atoms with Crippen LogP contribution in [0, 0.1) is 0 Å². The molecule has 2 aromatic rings. The molecule has 0 aliphatic rings. The standard InChI is InChI=1S/C17H24N2OS/c1-5-16(17-18-10-11-21-17)19-13(4)14-6-8-15(9-7-14)20-12(2)3/h6-13,16,19H,5H2,1-4H3. The van der Waals surface area contributed by atoms with Crippen LogP contribution < -0.4 is 10.1 Å². The first-order valence-corrected chi connectivity index (χ1v) is 8.40. The second-order valence-corrected chi connectivity index (χ2v) is 6.38. The molecule has 21 heavy (non-hydrogen) atoms. The van der Waals surface area contributed by atoms with Crippen LogP contribution in [0.25, 0.3) is 0 Å². The number of benzene rings is 1. The summed E-state index contributed by atoms with van der Waals surface area (Å²) < 4.78 is 5.68. The normalized spacial score (nSPS) is 14.1. The molecule has 0 spiro atoms. The second kappa shape index (κ2) is 7.57. The summed E-state index contributed by atoms with van der Waals surface area (Å²) in [6.07, 6.45) is 3.11. The highest BCUT2D eigenvalue weighted by molar-refractivity contribution is 7.09. The number of nitrogens with zero attached hydrogens (tertiary/aromatic N) is 1. The molecule has 0 saturated carbocycles. The third-order valence-corrected chi connectivity index (χ3v) is 4.25. The Morgan fingerprint density at radius 1 is 1.19 bits per heavy atom. The summed E-state index contributed by atoms with van der Waals surface area (Å²) in [5, 5.41) is 6.84. The van der Waals surface area contributed by atoms with E-state index in [1.165, 1.54) is 5.56 Å². The quantitative estimate of drug-likeness (QED) is 0.803. The van der Waals surface area contributed by atoms with Crippen molar-refractivity contribution < 1.29 is 4.74 Å². The van der Waals surface area contributed by atoms with Crippen molar-refractivity contribution >= 4 is 11.3 Å². The van der Waals surface area contributed by atoms with E-state index in [0.29, 0.717) is 6.04 Å². The highest BCUT2D eigenvalue weighted by Gasteiger charge is 2.15. The van der Waals surface area contributed by atoms with Gasteiger partial charge in [0.05, 0.1) is 12.1 Å². The predicted octanol–water partition coefficient (Wildman–Crippen LogP) is 4.73. The maximum atomic E-state index is 5.68. The molecule has 2 rings (SSSR count). The molecule has 1 N–H and O–H groups in total. The number of hydrogen-bond donors (Lipinski definition) is 1.